The second-order valence-electron chi connectivity index (χ2n) is 3.14. The second kappa shape index (κ2) is 3.02. The summed E-state index contributed by atoms with van der Waals surface area (Å²) in [5.41, 5.74) is 4.17. The summed E-state index contributed by atoms with van der Waals surface area (Å²) in [6.45, 7) is 2.05. The normalized spacial score (nSPS) is 10.2. The number of aldehydes is 1. The Hall–Kier alpha value is -1.63. The quantitative estimate of drug-likeness (QED) is 0.601. The molecule has 2 aliphatic rings. The van der Waals surface area contributed by atoms with Crippen molar-refractivity contribution in [2.45, 2.75) is 6.92 Å². The smallest absolute Gasteiger partial charge is 0.150 e. The highest BCUT2D eigenvalue weighted by molar-refractivity contribution is 5.90. The monoisotopic (exact) mass is 170 g/mol. The third-order valence-corrected chi connectivity index (χ3v) is 2.30. The molecular weight excluding hydrogens is 160 g/mol. The number of carbonyl (C=O) groups is 1. The Morgan fingerprint density at radius 3 is 2.54 bits per heavy atom. The highest BCUT2D eigenvalue weighted by Gasteiger charge is 2.08. The van der Waals surface area contributed by atoms with Crippen molar-refractivity contribution >= 4 is 6.29 Å². The molecule has 0 radical (unpaired) electrons. The largest absolute Gasteiger partial charge is 0.298 e. The summed E-state index contributed by atoms with van der Waals surface area (Å²) >= 11 is 0. The molecule has 0 bridgehead atoms. The Bertz CT molecular complexity index is 418. The van der Waals surface area contributed by atoms with Crippen LogP contribution < -0.4 is 0 Å². The van der Waals surface area contributed by atoms with Gasteiger partial charge in [0.2, 0.25) is 0 Å². The SMILES string of the molecule is Cc1ccccc2c(C=O)ccc1-2. The topological polar surface area (TPSA) is 17.1 Å². The average molecular weight is 170 g/mol. The van der Waals surface area contributed by atoms with Gasteiger partial charge in [-0.3, -0.25) is 4.79 Å². The lowest BCUT2D eigenvalue weighted by molar-refractivity contribution is 0.112. The van der Waals surface area contributed by atoms with E-state index in [0.717, 1.165) is 23.0 Å². The number of aryl methyl sites for hydroxylation is 1. The first-order valence-corrected chi connectivity index (χ1v) is 4.26. The van der Waals surface area contributed by atoms with Crippen LogP contribution in [0.2, 0.25) is 0 Å². The zero-order chi connectivity index (χ0) is 9.26. The molecule has 64 valence electrons. The summed E-state index contributed by atoms with van der Waals surface area (Å²) in [5, 5.41) is 0. The van der Waals surface area contributed by atoms with Gasteiger partial charge < -0.3 is 0 Å². The summed E-state index contributed by atoms with van der Waals surface area (Å²) in [6, 6.07) is 11.8. The van der Waals surface area contributed by atoms with Crippen LogP contribution in [0.3, 0.4) is 0 Å². The van der Waals surface area contributed by atoms with Crippen LogP contribution in [0, 0.1) is 6.92 Å². The molecule has 0 aliphatic heterocycles. The summed E-state index contributed by atoms with van der Waals surface area (Å²) in [4.78, 5) is 10.7. The van der Waals surface area contributed by atoms with Crippen LogP contribution in [-0.4, -0.2) is 6.29 Å². The highest BCUT2D eigenvalue weighted by atomic mass is 16.1. The van der Waals surface area contributed by atoms with Crippen LogP contribution in [0.4, 0.5) is 0 Å². The maximum absolute atomic E-state index is 10.7. The van der Waals surface area contributed by atoms with Gasteiger partial charge in [0.05, 0.1) is 0 Å². The molecule has 2 rings (SSSR count). The van der Waals surface area contributed by atoms with Crippen LogP contribution in [0.5, 0.6) is 0 Å². The molecule has 0 saturated carbocycles. The molecule has 1 nitrogen and oxygen atoms in total. The summed E-state index contributed by atoms with van der Waals surface area (Å²) < 4.78 is 0. The number of carbonyl (C=O) groups excluding carboxylic acids is 1. The van der Waals surface area contributed by atoms with Crippen molar-refractivity contribution < 1.29 is 4.79 Å². The molecule has 0 amide bonds. The number of hydrogen-bond acceptors (Lipinski definition) is 1. The highest BCUT2D eigenvalue weighted by Crippen LogP contribution is 2.28. The minimum absolute atomic E-state index is 0.773. The number of rotatable bonds is 1. The van der Waals surface area contributed by atoms with Gasteiger partial charge in [-0.1, -0.05) is 36.4 Å². The maximum atomic E-state index is 10.7. The van der Waals surface area contributed by atoms with E-state index in [1.54, 1.807) is 0 Å². The van der Waals surface area contributed by atoms with Crippen molar-refractivity contribution in [3.63, 3.8) is 0 Å². The van der Waals surface area contributed by atoms with Crippen LogP contribution in [0.15, 0.2) is 36.4 Å². The van der Waals surface area contributed by atoms with E-state index in [2.05, 4.69) is 13.0 Å². The number of fused-ring (bicyclic) bond motifs is 1. The standard InChI is InChI=1S/C12H10O/c1-9-4-2-3-5-12-10(8-13)6-7-11(9)12/h2-8H,1H3. The van der Waals surface area contributed by atoms with E-state index in [9.17, 15) is 4.79 Å². The first-order valence-electron chi connectivity index (χ1n) is 4.26. The van der Waals surface area contributed by atoms with E-state index in [1.807, 2.05) is 30.3 Å². The second-order valence-corrected chi connectivity index (χ2v) is 3.14. The zero-order valence-corrected chi connectivity index (χ0v) is 7.45. The molecule has 1 heteroatoms. The first-order chi connectivity index (χ1) is 6.33. The van der Waals surface area contributed by atoms with E-state index in [4.69, 9.17) is 0 Å². The Morgan fingerprint density at radius 1 is 1.00 bits per heavy atom. The minimum Gasteiger partial charge on any atom is -0.298 e. The third-order valence-electron chi connectivity index (χ3n) is 2.30. The van der Waals surface area contributed by atoms with Crippen molar-refractivity contribution in [2.24, 2.45) is 0 Å². The van der Waals surface area contributed by atoms with E-state index >= 15 is 0 Å². The van der Waals surface area contributed by atoms with Gasteiger partial charge in [0.1, 0.15) is 0 Å². The minimum atomic E-state index is 0.773. The first kappa shape index (κ1) is 7.99. The number of hydrogen-bond donors (Lipinski definition) is 0. The lowest BCUT2D eigenvalue weighted by atomic mass is 10.1. The Labute approximate surface area is 77.4 Å². The van der Waals surface area contributed by atoms with Gasteiger partial charge >= 0.3 is 0 Å². The van der Waals surface area contributed by atoms with Gasteiger partial charge in [-0.15, -0.1) is 0 Å². The fraction of sp³-hybridized carbons (Fsp3) is 0.0833. The molecule has 0 saturated heterocycles. The Morgan fingerprint density at radius 2 is 1.77 bits per heavy atom. The Balaban J connectivity index is 2.77. The predicted molar refractivity (Wildman–Crippen MR) is 53.2 cm³/mol. The molecule has 0 spiro atoms. The average Bonchev–Trinajstić information content (AvgIpc) is 2.47. The molecule has 0 aromatic carbocycles. The van der Waals surface area contributed by atoms with Crippen molar-refractivity contribution in [1.29, 1.82) is 0 Å². The van der Waals surface area contributed by atoms with Gasteiger partial charge in [0.25, 0.3) is 0 Å². The Kier molecular flexibility index (Phi) is 1.85. The molecular formula is C12H10O. The summed E-state index contributed by atoms with van der Waals surface area (Å²) in [5.74, 6) is 0. The molecule has 0 atom stereocenters. The van der Waals surface area contributed by atoms with E-state index in [-0.39, 0.29) is 0 Å². The lowest BCUT2D eigenvalue weighted by Crippen LogP contribution is -1.78. The van der Waals surface area contributed by atoms with Crippen molar-refractivity contribution in [1.82, 2.24) is 0 Å². The molecule has 0 heterocycles. The molecule has 0 fully saturated rings. The van der Waals surface area contributed by atoms with Crippen molar-refractivity contribution in [3.8, 4) is 11.1 Å². The molecule has 13 heavy (non-hydrogen) atoms. The van der Waals surface area contributed by atoms with Crippen LogP contribution in [0.1, 0.15) is 15.9 Å². The van der Waals surface area contributed by atoms with Gasteiger partial charge in [0, 0.05) is 5.56 Å². The van der Waals surface area contributed by atoms with Gasteiger partial charge in [-0.2, -0.15) is 0 Å². The van der Waals surface area contributed by atoms with E-state index in [0.29, 0.717) is 0 Å². The summed E-state index contributed by atoms with van der Waals surface area (Å²) in [6.07, 6.45) is 0.905. The predicted octanol–water partition coefficient (Wildman–Crippen LogP) is 2.91. The zero-order valence-electron chi connectivity index (χ0n) is 7.45. The van der Waals surface area contributed by atoms with Crippen LogP contribution in [0.25, 0.3) is 11.1 Å². The fourth-order valence-corrected chi connectivity index (χ4v) is 1.58. The van der Waals surface area contributed by atoms with E-state index in [1.165, 1.54) is 5.56 Å². The molecule has 2 aliphatic carbocycles. The van der Waals surface area contributed by atoms with E-state index < -0.39 is 0 Å². The van der Waals surface area contributed by atoms with Crippen LogP contribution in [-0.2, 0) is 0 Å². The summed E-state index contributed by atoms with van der Waals surface area (Å²) in [7, 11) is 0. The molecule has 0 N–H and O–H groups in total. The fourth-order valence-electron chi connectivity index (χ4n) is 1.58. The van der Waals surface area contributed by atoms with Gasteiger partial charge in [-0.25, -0.2) is 0 Å². The maximum Gasteiger partial charge on any atom is 0.150 e. The van der Waals surface area contributed by atoms with Gasteiger partial charge in [-0.05, 0) is 23.6 Å². The lowest BCUT2D eigenvalue weighted by Gasteiger charge is -1.96. The molecule has 0 aromatic heterocycles. The van der Waals surface area contributed by atoms with Crippen molar-refractivity contribution in [2.75, 3.05) is 0 Å². The van der Waals surface area contributed by atoms with Crippen LogP contribution >= 0.6 is 0 Å². The van der Waals surface area contributed by atoms with Crippen molar-refractivity contribution in [3.05, 3.63) is 47.5 Å². The third kappa shape index (κ3) is 1.22. The molecule has 0 unspecified atom stereocenters. The molecule has 0 aromatic rings. The van der Waals surface area contributed by atoms with Gasteiger partial charge in [0.15, 0.2) is 6.29 Å².